The van der Waals surface area contributed by atoms with Crippen LogP contribution in [0.15, 0.2) is 48.5 Å². The summed E-state index contributed by atoms with van der Waals surface area (Å²) in [6.45, 7) is 5.47. The molecule has 0 aromatic heterocycles. The topological polar surface area (TPSA) is 56.8 Å². The molecule has 0 aliphatic carbocycles. The van der Waals surface area contributed by atoms with E-state index in [1.807, 2.05) is 62.4 Å². The molecule has 1 aliphatic rings. The molecule has 0 amide bonds. The Morgan fingerprint density at radius 1 is 1.08 bits per heavy atom. The van der Waals surface area contributed by atoms with Crippen molar-refractivity contribution in [2.75, 3.05) is 25.1 Å². The molecule has 1 aliphatic heterocycles. The van der Waals surface area contributed by atoms with Crippen LogP contribution in [-0.2, 0) is 13.6 Å². The summed E-state index contributed by atoms with van der Waals surface area (Å²) in [4.78, 5) is 0. The fourth-order valence-corrected chi connectivity index (χ4v) is 4.68. The third kappa shape index (κ3) is 4.43. The minimum absolute atomic E-state index is 0.445. The molecule has 0 radical (unpaired) electrons. The summed E-state index contributed by atoms with van der Waals surface area (Å²) in [6.07, 6.45) is 0.754. The van der Waals surface area contributed by atoms with Crippen LogP contribution in [-0.4, -0.2) is 19.8 Å². The van der Waals surface area contributed by atoms with Crippen LogP contribution in [0.3, 0.4) is 0 Å². The zero-order valence-electron chi connectivity index (χ0n) is 14.6. The third-order valence-corrected chi connectivity index (χ3v) is 6.15. The summed E-state index contributed by atoms with van der Waals surface area (Å²) in [5.41, 5.74) is 2.88. The van der Waals surface area contributed by atoms with E-state index < -0.39 is 13.4 Å². The maximum absolute atomic E-state index is 13.3. The van der Waals surface area contributed by atoms with Gasteiger partial charge in [0.2, 0.25) is 0 Å². The zero-order chi connectivity index (χ0) is 17.7. The quantitative estimate of drug-likeness (QED) is 0.723. The second-order valence-electron chi connectivity index (χ2n) is 5.97. The Balaban J connectivity index is 1.90. The Morgan fingerprint density at radius 2 is 1.72 bits per heavy atom. The summed E-state index contributed by atoms with van der Waals surface area (Å²) < 4.78 is 30.0. The molecule has 1 saturated heterocycles. The van der Waals surface area contributed by atoms with Gasteiger partial charge in [-0.2, -0.15) is 0 Å². The van der Waals surface area contributed by atoms with Gasteiger partial charge in [-0.15, -0.1) is 0 Å². The third-order valence-electron chi connectivity index (χ3n) is 4.01. The lowest BCUT2D eigenvalue weighted by Gasteiger charge is -2.31. The first-order valence-electron chi connectivity index (χ1n) is 8.55. The van der Waals surface area contributed by atoms with Gasteiger partial charge in [0, 0.05) is 5.69 Å². The molecule has 1 heterocycles. The van der Waals surface area contributed by atoms with Crippen molar-refractivity contribution in [2.45, 2.75) is 26.1 Å². The number of ether oxygens (including phenoxy) is 1. The molecule has 1 atom stereocenters. The Labute approximate surface area is 148 Å². The molecule has 1 fully saturated rings. The number of hydrogen-bond acceptors (Lipinski definition) is 5. The lowest BCUT2D eigenvalue weighted by molar-refractivity contribution is 0.141. The van der Waals surface area contributed by atoms with Crippen molar-refractivity contribution in [1.29, 1.82) is 0 Å². The molecule has 0 spiro atoms. The lowest BCUT2D eigenvalue weighted by Crippen LogP contribution is -2.19. The van der Waals surface area contributed by atoms with Gasteiger partial charge in [0.05, 0.1) is 19.8 Å². The van der Waals surface area contributed by atoms with Crippen molar-refractivity contribution in [1.82, 2.24) is 0 Å². The molecule has 2 aromatic carbocycles. The van der Waals surface area contributed by atoms with Crippen LogP contribution in [0.1, 0.15) is 30.3 Å². The molecule has 0 saturated carbocycles. The predicted octanol–water partition coefficient (Wildman–Crippen LogP) is 5.13. The van der Waals surface area contributed by atoms with Gasteiger partial charge < -0.3 is 19.1 Å². The first-order chi connectivity index (χ1) is 12.1. The number of anilines is 1. The number of benzene rings is 2. The highest BCUT2D eigenvalue weighted by molar-refractivity contribution is 7.54. The van der Waals surface area contributed by atoms with Crippen molar-refractivity contribution in [3.05, 3.63) is 59.7 Å². The largest absolute Gasteiger partial charge is 0.494 e. The predicted molar refractivity (Wildman–Crippen MR) is 99.3 cm³/mol. The standard InChI is InChI=1S/C19H24NO4P/c1-3-22-18-11-7-16(8-12-18)19(25(21)23-13-4-14-24-25)20-17-9-5-15(2)6-10-17/h5-12,19-20H,3-4,13-14H2,1-2H3/t19-/m1/s1. The van der Waals surface area contributed by atoms with E-state index in [1.165, 1.54) is 5.56 Å². The molecule has 0 unspecified atom stereocenters. The van der Waals surface area contributed by atoms with Gasteiger partial charge in [-0.05, 0) is 50.1 Å². The van der Waals surface area contributed by atoms with E-state index in [2.05, 4.69) is 5.32 Å². The number of nitrogens with one attached hydrogen (secondary N) is 1. The van der Waals surface area contributed by atoms with Crippen molar-refractivity contribution in [3.63, 3.8) is 0 Å². The molecule has 1 N–H and O–H groups in total. The van der Waals surface area contributed by atoms with Crippen molar-refractivity contribution in [3.8, 4) is 5.75 Å². The second-order valence-corrected chi connectivity index (χ2v) is 8.09. The highest BCUT2D eigenvalue weighted by atomic mass is 31.2. The average molecular weight is 361 g/mol. The van der Waals surface area contributed by atoms with E-state index in [0.717, 1.165) is 23.4 Å². The molecule has 6 heteroatoms. The molecule has 134 valence electrons. The number of hydrogen-bond donors (Lipinski definition) is 1. The summed E-state index contributed by atoms with van der Waals surface area (Å²) in [5, 5.41) is 3.33. The van der Waals surface area contributed by atoms with Crippen LogP contribution in [0.2, 0.25) is 0 Å². The highest BCUT2D eigenvalue weighted by Gasteiger charge is 2.39. The molecular formula is C19H24NO4P. The lowest BCUT2D eigenvalue weighted by atomic mass is 10.2. The minimum Gasteiger partial charge on any atom is -0.494 e. The maximum Gasteiger partial charge on any atom is 0.357 e. The van der Waals surface area contributed by atoms with Crippen molar-refractivity contribution in [2.24, 2.45) is 0 Å². The van der Waals surface area contributed by atoms with Gasteiger partial charge in [0.1, 0.15) is 5.75 Å². The van der Waals surface area contributed by atoms with Crippen LogP contribution in [0.25, 0.3) is 0 Å². The van der Waals surface area contributed by atoms with Crippen LogP contribution < -0.4 is 10.1 Å². The normalized spacial score (nSPS) is 17.7. The first-order valence-corrected chi connectivity index (χ1v) is 10.2. The molecule has 2 aromatic rings. The van der Waals surface area contributed by atoms with Crippen molar-refractivity contribution >= 4 is 13.3 Å². The molecule has 0 bridgehead atoms. The maximum atomic E-state index is 13.3. The fraction of sp³-hybridized carbons (Fsp3) is 0.368. The minimum atomic E-state index is -3.31. The second kappa shape index (κ2) is 8.05. The Hall–Kier alpha value is -1.81. The zero-order valence-corrected chi connectivity index (χ0v) is 15.5. The van der Waals surface area contributed by atoms with Crippen LogP contribution in [0.5, 0.6) is 5.75 Å². The monoisotopic (exact) mass is 361 g/mol. The summed E-state index contributed by atoms with van der Waals surface area (Å²) >= 11 is 0. The fourth-order valence-electron chi connectivity index (χ4n) is 2.69. The SMILES string of the molecule is CCOc1ccc([C@H](Nc2ccc(C)cc2)P2(=O)OCCCO2)cc1. The van der Waals surface area contributed by atoms with E-state index in [4.69, 9.17) is 13.8 Å². The Morgan fingerprint density at radius 3 is 2.32 bits per heavy atom. The molecule has 25 heavy (non-hydrogen) atoms. The Bertz CT molecular complexity index is 720. The first kappa shape index (κ1) is 18.0. The van der Waals surface area contributed by atoms with Crippen LogP contribution in [0, 0.1) is 6.92 Å². The average Bonchev–Trinajstić information content (AvgIpc) is 2.63. The van der Waals surface area contributed by atoms with Gasteiger partial charge in [-0.25, -0.2) is 0 Å². The highest BCUT2D eigenvalue weighted by Crippen LogP contribution is 2.62. The van der Waals surface area contributed by atoms with Crippen molar-refractivity contribution < 1.29 is 18.3 Å². The van der Waals surface area contributed by atoms with E-state index in [9.17, 15) is 4.57 Å². The van der Waals surface area contributed by atoms with E-state index in [-0.39, 0.29) is 0 Å². The van der Waals surface area contributed by atoms with Gasteiger partial charge in [0.25, 0.3) is 0 Å². The summed E-state index contributed by atoms with van der Waals surface area (Å²) in [5.74, 6) is 0.218. The Kier molecular flexibility index (Phi) is 5.79. The molecule has 5 nitrogen and oxygen atoms in total. The summed E-state index contributed by atoms with van der Waals surface area (Å²) in [7, 11) is -3.31. The van der Waals surface area contributed by atoms with Crippen LogP contribution in [0.4, 0.5) is 5.69 Å². The molecule has 3 rings (SSSR count). The number of aryl methyl sites for hydroxylation is 1. The van der Waals surface area contributed by atoms with E-state index in [1.54, 1.807) is 0 Å². The van der Waals surface area contributed by atoms with Gasteiger partial charge in [0.15, 0.2) is 5.78 Å². The van der Waals surface area contributed by atoms with E-state index >= 15 is 0 Å². The smallest absolute Gasteiger partial charge is 0.357 e. The number of rotatable bonds is 6. The van der Waals surface area contributed by atoms with Gasteiger partial charge >= 0.3 is 7.60 Å². The molecular weight excluding hydrogens is 337 g/mol. The van der Waals surface area contributed by atoms with Gasteiger partial charge in [-0.1, -0.05) is 29.8 Å². The van der Waals surface area contributed by atoms with Crippen LogP contribution >= 0.6 is 7.60 Å². The van der Waals surface area contributed by atoms with Gasteiger partial charge in [-0.3, -0.25) is 4.57 Å². The summed E-state index contributed by atoms with van der Waals surface area (Å²) in [6, 6.07) is 15.5. The van der Waals surface area contributed by atoms with E-state index in [0.29, 0.717) is 19.8 Å².